The van der Waals surface area contributed by atoms with E-state index >= 15 is 0 Å². The highest BCUT2D eigenvalue weighted by molar-refractivity contribution is 7.91. The number of sulfone groups is 1. The molecule has 2 N–H and O–H groups in total. The standard InChI is InChI=1S/C15H21NO3S/c1-3-10-20(17,18)11-9-19-15-7-6-14(5-4-8-16)13(2)12-15/h6-7,12H,3,8-11,16H2,1-2H3. The maximum Gasteiger partial charge on any atom is 0.153 e. The van der Waals surface area contributed by atoms with Gasteiger partial charge in [0.1, 0.15) is 12.4 Å². The van der Waals surface area contributed by atoms with E-state index in [0.717, 1.165) is 11.1 Å². The number of hydrogen-bond acceptors (Lipinski definition) is 4. The van der Waals surface area contributed by atoms with Crippen molar-refractivity contribution in [2.24, 2.45) is 5.73 Å². The van der Waals surface area contributed by atoms with Crippen LogP contribution in [-0.4, -0.2) is 33.1 Å². The van der Waals surface area contributed by atoms with E-state index in [9.17, 15) is 8.42 Å². The highest BCUT2D eigenvalue weighted by atomic mass is 32.2. The Kier molecular flexibility index (Phi) is 6.56. The van der Waals surface area contributed by atoms with Gasteiger partial charge in [-0.2, -0.15) is 0 Å². The van der Waals surface area contributed by atoms with Crippen LogP contribution in [-0.2, 0) is 9.84 Å². The molecule has 0 bridgehead atoms. The zero-order chi connectivity index (χ0) is 15.0. The molecule has 0 unspecified atom stereocenters. The van der Waals surface area contributed by atoms with Gasteiger partial charge < -0.3 is 10.5 Å². The van der Waals surface area contributed by atoms with Crippen LogP contribution in [0.15, 0.2) is 18.2 Å². The molecule has 0 heterocycles. The molecule has 0 amide bonds. The van der Waals surface area contributed by atoms with Crippen LogP contribution in [0.4, 0.5) is 0 Å². The highest BCUT2D eigenvalue weighted by Gasteiger charge is 2.09. The topological polar surface area (TPSA) is 69.4 Å². The third kappa shape index (κ3) is 5.64. The van der Waals surface area contributed by atoms with Crippen molar-refractivity contribution in [1.82, 2.24) is 0 Å². The second-order valence-corrected chi connectivity index (χ2v) is 6.79. The molecule has 0 fully saturated rings. The second kappa shape index (κ2) is 7.93. The Morgan fingerprint density at radius 3 is 2.65 bits per heavy atom. The average molecular weight is 295 g/mol. The number of rotatable bonds is 6. The first kappa shape index (κ1) is 16.5. The molecule has 0 aliphatic heterocycles. The van der Waals surface area contributed by atoms with E-state index in [1.54, 1.807) is 6.07 Å². The maximum atomic E-state index is 11.5. The van der Waals surface area contributed by atoms with E-state index in [4.69, 9.17) is 10.5 Å². The summed E-state index contributed by atoms with van der Waals surface area (Å²) in [4.78, 5) is 0. The van der Waals surface area contributed by atoms with Crippen molar-refractivity contribution in [3.8, 4) is 17.6 Å². The third-order valence-electron chi connectivity index (χ3n) is 2.70. The first-order valence-electron chi connectivity index (χ1n) is 6.61. The summed E-state index contributed by atoms with van der Waals surface area (Å²) in [5, 5.41) is 0. The Hall–Kier alpha value is -1.51. The van der Waals surface area contributed by atoms with Gasteiger partial charge in [-0.3, -0.25) is 0 Å². The Labute approximate surface area is 121 Å². The van der Waals surface area contributed by atoms with Crippen molar-refractivity contribution >= 4 is 9.84 Å². The zero-order valence-corrected chi connectivity index (χ0v) is 12.8. The summed E-state index contributed by atoms with van der Waals surface area (Å²) in [7, 11) is -2.99. The van der Waals surface area contributed by atoms with E-state index in [1.165, 1.54) is 0 Å². The lowest BCUT2D eigenvalue weighted by atomic mass is 10.1. The molecule has 20 heavy (non-hydrogen) atoms. The van der Waals surface area contributed by atoms with E-state index in [1.807, 2.05) is 26.0 Å². The number of ether oxygens (including phenoxy) is 1. The fourth-order valence-corrected chi connectivity index (χ4v) is 2.88. The Morgan fingerprint density at radius 2 is 2.05 bits per heavy atom. The number of nitrogens with two attached hydrogens (primary N) is 1. The lowest BCUT2D eigenvalue weighted by Crippen LogP contribution is -2.16. The number of benzene rings is 1. The molecule has 0 aromatic heterocycles. The summed E-state index contributed by atoms with van der Waals surface area (Å²) in [6.45, 7) is 4.28. The molecule has 5 heteroatoms. The highest BCUT2D eigenvalue weighted by Crippen LogP contribution is 2.16. The number of hydrogen-bond donors (Lipinski definition) is 1. The molecule has 0 atom stereocenters. The lowest BCUT2D eigenvalue weighted by Gasteiger charge is -2.08. The van der Waals surface area contributed by atoms with Crippen LogP contribution in [0, 0.1) is 18.8 Å². The smallest absolute Gasteiger partial charge is 0.153 e. The van der Waals surface area contributed by atoms with Crippen LogP contribution in [0.25, 0.3) is 0 Å². The second-order valence-electron chi connectivity index (χ2n) is 4.48. The average Bonchev–Trinajstić information content (AvgIpc) is 2.37. The first-order chi connectivity index (χ1) is 9.48. The molecule has 0 saturated carbocycles. The molecule has 1 aromatic rings. The van der Waals surface area contributed by atoms with Crippen LogP contribution < -0.4 is 10.5 Å². The normalized spacial score (nSPS) is 10.8. The van der Waals surface area contributed by atoms with Crippen molar-refractivity contribution < 1.29 is 13.2 Å². The van der Waals surface area contributed by atoms with Gasteiger partial charge >= 0.3 is 0 Å². The van der Waals surface area contributed by atoms with E-state index in [-0.39, 0.29) is 18.1 Å². The summed E-state index contributed by atoms with van der Waals surface area (Å²) >= 11 is 0. The van der Waals surface area contributed by atoms with Gasteiger partial charge in [0, 0.05) is 5.56 Å². The molecule has 0 aliphatic rings. The van der Waals surface area contributed by atoms with Gasteiger partial charge in [-0.15, -0.1) is 0 Å². The van der Waals surface area contributed by atoms with Gasteiger partial charge in [0.05, 0.1) is 18.1 Å². The largest absolute Gasteiger partial charge is 0.493 e. The van der Waals surface area contributed by atoms with E-state index in [2.05, 4.69) is 11.8 Å². The van der Waals surface area contributed by atoms with Gasteiger partial charge in [0.2, 0.25) is 0 Å². The quantitative estimate of drug-likeness (QED) is 0.808. The van der Waals surface area contributed by atoms with Gasteiger partial charge in [-0.05, 0) is 37.1 Å². The van der Waals surface area contributed by atoms with Crippen molar-refractivity contribution in [3.63, 3.8) is 0 Å². The van der Waals surface area contributed by atoms with Crippen molar-refractivity contribution in [2.45, 2.75) is 20.3 Å². The molecular formula is C15H21NO3S. The van der Waals surface area contributed by atoms with Crippen molar-refractivity contribution in [3.05, 3.63) is 29.3 Å². The molecule has 0 radical (unpaired) electrons. The Bertz CT molecular complexity index is 597. The van der Waals surface area contributed by atoms with Crippen LogP contribution in [0.3, 0.4) is 0 Å². The molecule has 0 aliphatic carbocycles. The van der Waals surface area contributed by atoms with Crippen LogP contribution in [0.2, 0.25) is 0 Å². The molecule has 110 valence electrons. The van der Waals surface area contributed by atoms with Gasteiger partial charge in [0.25, 0.3) is 0 Å². The van der Waals surface area contributed by atoms with Crippen molar-refractivity contribution in [1.29, 1.82) is 0 Å². The van der Waals surface area contributed by atoms with E-state index in [0.29, 0.717) is 18.7 Å². The third-order valence-corrected chi connectivity index (χ3v) is 4.52. The molecule has 0 saturated heterocycles. The van der Waals surface area contributed by atoms with Crippen LogP contribution >= 0.6 is 0 Å². The van der Waals surface area contributed by atoms with Gasteiger partial charge in [-0.1, -0.05) is 18.8 Å². The summed E-state index contributed by atoms with van der Waals surface area (Å²) < 4.78 is 28.6. The fraction of sp³-hybridized carbons (Fsp3) is 0.467. The predicted molar refractivity (Wildman–Crippen MR) is 81.6 cm³/mol. The Morgan fingerprint density at radius 1 is 1.30 bits per heavy atom. The minimum atomic E-state index is -2.99. The minimum absolute atomic E-state index is 0.0502. The minimum Gasteiger partial charge on any atom is -0.493 e. The molecular weight excluding hydrogens is 274 g/mol. The molecule has 1 aromatic carbocycles. The summed E-state index contributed by atoms with van der Waals surface area (Å²) in [5.41, 5.74) is 7.22. The van der Waals surface area contributed by atoms with Gasteiger partial charge in [-0.25, -0.2) is 8.42 Å². The fourth-order valence-electron chi connectivity index (χ4n) is 1.71. The van der Waals surface area contributed by atoms with Crippen molar-refractivity contribution in [2.75, 3.05) is 24.7 Å². The summed E-state index contributed by atoms with van der Waals surface area (Å²) in [6.07, 6.45) is 0.635. The number of aryl methyl sites for hydroxylation is 1. The maximum absolute atomic E-state index is 11.5. The first-order valence-corrected chi connectivity index (χ1v) is 8.43. The lowest BCUT2D eigenvalue weighted by molar-refractivity contribution is 0.340. The zero-order valence-electron chi connectivity index (χ0n) is 12.0. The SMILES string of the molecule is CCCS(=O)(=O)CCOc1ccc(C#CCN)c(C)c1. The molecule has 1 rings (SSSR count). The van der Waals surface area contributed by atoms with Crippen LogP contribution in [0.5, 0.6) is 5.75 Å². The van der Waals surface area contributed by atoms with E-state index < -0.39 is 9.84 Å². The Balaban J connectivity index is 2.60. The van der Waals surface area contributed by atoms with Gasteiger partial charge in [0.15, 0.2) is 9.84 Å². The monoisotopic (exact) mass is 295 g/mol. The van der Waals surface area contributed by atoms with Crippen LogP contribution in [0.1, 0.15) is 24.5 Å². The molecule has 0 spiro atoms. The summed E-state index contributed by atoms with van der Waals surface area (Å²) in [5.74, 6) is 6.69. The predicted octanol–water partition coefficient (Wildman–Crippen LogP) is 1.51. The molecule has 4 nitrogen and oxygen atoms in total. The summed E-state index contributed by atoms with van der Waals surface area (Å²) in [6, 6.07) is 5.50.